The molecule has 2 N–H and O–H groups in total. The van der Waals surface area contributed by atoms with Crippen molar-refractivity contribution >= 4 is 0 Å². The van der Waals surface area contributed by atoms with Gasteiger partial charge in [-0.3, -0.25) is 0 Å². The zero-order valence-corrected chi connectivity index (χ0v) is 9.14. The molecule has 2 nitrogen and oxygen atoms in total. The molecule has 1 rings (SSSR count). The number of hydrogen-bond acceptors (Lipinski definition) is 2. The third kappa shape index (κ3) is 3.28. The van der Waals surface area contributed by atoms with Crippen LogP contribution in [0.3, 0.4) is 0 Å². The fourth-order valence-electron chi connectivity index (χ4n) is 2.07. The zero-order chi connectivity index (χ0) is 9.90. The van der Waals surface area contributed by atoms with Crippen LogP contribution in [0.2, 0.25) is 0 Å². The average Bonchev–Trinajstić information content (AvgIpc) is 2.47. The second kappa shape index (κ2) is 4.43. The summed E-state index contributed by atoms with van der Waals surface area (Å²) in [6, 6.07) is 1.31. The van der Waals surface area contributed by atoms with Gasteiger partial charge < -0.3 is 10.4 Å². The Morgan fingerprint density at radius 1 is 1.31 bits per heavy atom. The molecule has 1 fully saturated rings. The van der Waals surface area contributed by atoms with E-state index in [1.807, 2.05) is 0 Å². The lowest BCUT2D eigenvalue weighted by atomic mass is 9.86. The molecule has 0 saturated carbocycles. The van der Waals surface area contributed by atoms with Crippen LogP contribution >= 0.6 is 0 Å². The van der Waals surface area contributed by atoms with Crippen molar-refractivity contribution in [3.8, 4) is 0 Å². The van der Waals surface area contributed by atoms with Crippen molar-refractivity contribution in [1.82, 2.24) is 5.32 Å². The first kappa shape index (κ1) is 11.0. The third-order valence-corrected chi connectivity index (χ3v) is 3.00. The highest BCUT2D eigenvalue weighted by atomic mass is 16.2. The van der Waals surface area contributed by atoms with E-state index in [1.165, 1.54) is 12.8 Å². The van der Waals surface area contributed by atoms with Gasteiger partial charge in [-0.2, -0.15) is 0 Å². The molecule has 0 aromatic rings. The average molecular weight is 185 g/mol. The quantitative estimate of drug-likeness (QED) is 0.704. The number of aliphatic hydroxyl groups is 1. The first-order valence-corrected chi connectivity index (χ1v) is 5.41. The maximum Gasteiger partial charge on any atom is 0.0431 e. The van der Waals surface area contributed by atoms with Crippen molar-refractivity contribution in [2.75, 3.05) is 6.61 Å². The summed E-state index contributed by atoms with van der Waals surface area (Å²) in [6.45, 7) is 7.20. The summed E-state index contributed by atoms with van der Waals surface area (Å²) >= 11 is 0. The Morgan fingerprint density at radius 2 is 2.00 bits per heavy atom. The predicted octanol–water partition coefficient (Wildman–Crippen LogP) is 1.93. The molecule has 13 heavy (non-hydrogen) atoms. The molecule has 1 heterocycles. The monoisotopic (exact) mass is 185 g/mol. The summed E-state index contributed by atoms with van der Waals surface area (Å²) in [5, 5.41) is 12.4. The summed E-state index contributed by atoms with van der Waals surface area (Å²) in [7, 11) is 0. The topological polar surface area (TPSA) is 32.3 Å². The first-order valence-electron chi connectivity index (χ1n) is 5.41. The van der Waals surface area contributed by atoms with Crippen LogP contribution in [0.15, 0.2) is 0 Å². The number of nitrogens with one attached hydrogen (secondary N) is 1. The van der Waals surface area contributed by atoms with Crippen molar-refractivity contribution in [1.29, 1.82) is 0 Å². The van der Waals surface area contributed by atoms with Crippen molar-refractivity contribution in [3.05, 3.63) is 0 Å². The van der Waals surface area contributed by atoms with Gasteiger partial charge in [-0.05, 0) is 31.1 Å². The van der Waals surface area contributed by atoms with E-state index < -0.39 is 0 Å². The maximum atomic E-state index is 8.72. The summed E-state index contributed by atoms with van der Waals surface area (Å²) in [4.78, 5) is 0. The molecule has 0 bridgehead atoms. The Bertz CT molecular complexity index is 151. The van der Waals surface area contributed by atoms with Crippen molar-refractivity contribution in [3.63, 3.8) is 0 Å². The summed E-state index contributed by atoms with van der Waals surface area (Å²) in [5.74, 6) is 0. The SMILES string of the molecule is CC(C)(C)C1CCC(CCCO)N1. The highest BCUT2D eigenvalue weighted by Gasteiger charge is 2.31. The van der Waals surface area contributed by atoms with Crippen LogP contribution in [0.25, 0.3) is 0 Å². The summed E-state index contributed by atoms with van der Waals surface area (Å²) in [6.07, 6.45) is 4.64. The van der Waals surface area contributed by atoms with E-state index in [9.17, 15) is 0 Å². The molecular formula is C11H23NO. The Hall–Kier alpha value is -0.0800. The maximum absolute atomic E-state index is 8.72. The molecule has 0 aromatic heterocycles. The Balaban J connectivity index is 2.28. The molecular weight excluding hydrogens is 162 g/mol. The van der Waals surface area contributed by atoms with E-state index >= 15 is 0 Å². The van der Waals surface area contributed by atoms with E-state index in [0.29, 0.717) is 24.1 Å². The minimum Gasteiger partial charge on any atom is -0.396 e. The molecule has 0 spiro atoms. The number of rotatable bonds is 3. The van der Waals surface area contributed by atoms with Crippen molar-refractivity contribution in [2.45, 2.75) is 58.5 Å². The molecule has 0 aromatic carbocycles. The zero-order valence-electron chi connectivity index (χ0n) is 9.14. The van der Waals surface area contributed by atoms with Crippen LogP contribution in [0, 0.1) is 5.41 Å². The molecule has 2 atom stereocenters. The molecule has 0 radical (unpaired) electrons. The van der Waals surface area contributed by atoms with Gasteiger partial charge in [-0.1, -0.05) is 20.8 Å². The van der Waals surface area contributed by atoms with E-state index in [0.717, 1.165) is 12.8 Å². The smallest absolute Gasteiger partial charge is 0.0431 e. The van der Waals surface area contributed by atoms with Crippen LogP contribution < -0.4 is 5.32 Å². The van der Waals surface area contributed by atoms with Gasteiger partial charge in [-0.15, -0.1) is 0 Å². The molecule has 0 amide bonds. The normalized spacial score (nSPS) is 29.5. The van der Waals surface area contributed by atoms with E-state index in [1.54, 1.807) is 0 Å². The first-order chi connectivity index (χ1) is 6.04. The van der Waals surface area contributed by atoms with Gasteiger partial charge in [0.05, 0.1) is 0 Å². The summed E-state index contributed by atoms with van der Waals surface area (Å²) in [5.41, 5.74) is 0.383. The van der Waals surface area contributed by atoms with Gasteiger partial charge in [0.2, 0.25) is 0 Å². The van der Waals surface area contributed by atoms with Crippen molar-refractivity contribution in [2.24, 2.45) is 5.41 Å². The molecule has 2 heteroatoms. The third-order valence-electron chi connectivity index (χ3n) is 3.00. The van der Waals surface area contributed by atoms with Crippen LogP contribution in [-0.2, 0) is 0 Å². The number of hydrogen-bond donors (Lipinski definition) is 2. The molecule has 1 aliphatic rings. The molecule has 0 aliphatic carbocycles. The van der Waals surface area contributed by atoms with Gasteiger partial charge in [0.1, 0.15) is 0 Å². The fraction of sp³-hybridized carbons (Fsp3) is 1.00. The van der Waals surface area contributed by atoms with Crippen LogP contribution in [0.1, 0.15) is 46.5 Å². The number of aliphatic hydroxyl groups excluding tert-OH is 1. The lowest BCUT2D eigenvalue weighted by Gasteiger charge is -2.27. The van der Waals surface area contributed by atoms with Crippen LogP contribution in [0.5, 0.6) is 0 Å². The largest absolute Gasteiger partial charge is 0.396 e. The molecule has 1 saturated heterocycles. The molecule has 78 valence electrons. The Morgan fingerprint density at radius 3 is 2.46 bits per heavy atom. The minimum absolute atomic E-state index is 0.332. The lowest BCUT2D eigenvalue weighted by molar-refractivity contribution is 0.264. The standard InChI is InChI=1S/C11H23NO/c1-11(2,3)10-7-6-9(12-10)5-4-8-13/h9-10,12-13H,4-8H2,1-3H3. The van der Waals surface area contributed by atoms with Crippen LogP contribution in [-0.4, -0.2) is 23.8 Å². The van der Waals surface area contributed by atoms with Gasteiger partial charge in [0.15, 0.2) is 0 Å². The fourth-order valence-corrected chi connectivity index (χ4v) is 2.07. The van der Waals surface area contributed by atoms with Gasteiger partial charge >= 0.3 is 0 Å². The highest BCUT2D eigenvalue weighted by molar-refractivity contribution is 4.90. The molecule has 1 aliphatic heterocycles. The minimum atomic E-state index is 0.332. The Kier molecular flexibility index (Phi) is 3.74. The van der Waals surface area contributed by atoms with E-state index in [2.05, 4.69) is 26.1 Å². The van der Waals surface area contributed by atoms with Crippen molar-refractivity contribution < 1.29 is 5.11 Å². The second-order valence-electron chi connectivity index (χ2n) is 5.23. The van der Waals surface area contributed by atoms with E-state index in [-0.39, 0.29) is 0 Å². The Labute approximate surface area is 81.7 Å². The molecule has 2 unspecified atom stereocenters. The second-order valence-corrected chi connectivity index (χ2v) is 5.23. The van der Waals surface area contributed by atoms with Crippen LogP contribution in [0.4, 0.5) is 0 Å². The van der Waals surface area contributed by atoms with Gasteiger partial charge in [0.25, 0.3) is 0 Å². The predicted molar refractivity (Wildman–Crippen MR) is 55.7 cm³/mol. The lowest BCUT2D eigenvalue weighted by Crippen LogP contribution is -2.38. The summed E-state index contributed by atoms with van der Waals surface area (Å²) < 4.78 is 0. The highest BCUT2D eigenvalue weighted by Crippen LogP contribution is 2.29. The van der Waals surface area contributed by atoms with E-state index in [4.69, 9.17) is 5.11 Å². The van der Waals surface area contributed by atoms with Gasteiger partial charge in [-0.25, -0.2) is 0 Å². The van der Waals surface area contributed by atoms with Gasteiger partial charge in [0, 0.05) is 18.7 Å².